The Morgan fingerprint density at radius 2 is 0.895 bits per heavy atom. The minimum absolute atomic E-state index is 0.0778. The molecular weight excluding hydrogens is 931 g/mol. The molecule has 0 unspecified atom stereocenters. The van der Waals surface area contributed by atoms with Crippen LogP contribution in [0.3, 0.4) is 0 Å². The molecular formula is C72H68F2N2. The van der Waals surface area contributed by atoms with Crippen LogP contribution in [0, 0.1) is 17.0 Å². The fraction of sp³-hybridized carbons (Fsp3) is 0.222. The number of halogens is 2. The fourth-order valence-electron chi connectivity index (χ4n) is 11.8. The van der Waals surface area contributed by atoms with Gasteiger partial charge >= 0.3 is 0 Å². The van der Waals surface area contributed by atoms with Crippen molar-refractivity contribution in [1.82, 2.24) is 0 Å². The summed E-state index contributed by atoms with van der Waals surface area (Å²) >= 11 is 0. The summed E-state index contributed by atoms with van der Waals surface area (Å²) in [5.41, 5.74) is 19.6. The molecule has 0 aromatic heterocycles. The van der Waals surface area contributed by atoms with E-state index in [-0.39, 0.29) is 22.5 Å². The van der Waals surface area contributed by atoms with E-state index in [0.29, 0.717) is 11.8 Å². The van der Waals surface area contributed by atoms with E-state index in [1.54, 1.807) is 0 Å². The quantitative estimate of drug-likeness (QED) is 0.135. The van der Waals surface area contributed by atoms with Gasteiger partial charge in [-0.2, -0.15) is 0 Å². The Kier molecular flexibility index (Phi) is 12.4. The van der Waals surface area contributed by atoms with Gasteiger partial charge in [-0.15, -0.1) is 0 Å². The van der Waals surface area contributed by atoms with E-state index in [1.165, 1.54) is 91.1 Å². The first kappa shape index (κ1) is 50.3. The third-order valence-electron chi connectivity index (χ3n) is 16.4. The van der Waals surface area contributed by atoms with Crippen LogP contribution in [-0.4, -0.2) is 0 Å². The molecule has 0 amide bonds. The summed E-state index contributed by atoms with van der Waals surface area (Å²) < 4.78 is 29.2. The number of allylic oxidation sites excluding steroid dienone is 5. The third-order valence-corrected chi connectivity index (χ3v) is 16.4. The van der Waals surface area contributed by atoms with Crippen LogP contribution in [0.5, 0.6) is 0 Å². The number of rotatable bonds is 10. The number of hydrogen-bond acceptors (Lipinski definition) is 2. The molecule has 0 heterocycles. The molecule has 0 fully saturated rings. The second kappa shape index (κ2) is 18.8. The number of benzene rings is 9. The SMILES string of the molecule is C=CC1=C(/C=C(\C)C(C)(C)C)c2cc(C(C)(C)C)ccc2C12c1c(ccc3cc(N(c4ccc(F)cc4)c4ccc(C(C)C)cc4)ccc13)-c1ccc3cc(N(c4ccc(F)cc4)c4ccc(C(C)C)cc4)ccc3c12. The van der Waals surface area contributed by atoms with Crippen molar-refractivity contribution in [2.24, 2.45) is 5.41 Å². The Morgan fingerprint density at radius 3 is 1.28 bits per heavy atom. The standard InChI is InChI=1S/C72H68F2N2/c1-13-66-64(40-46(6)70(7,8)9)65-43-51(71(10,11)12)20-39-67(65)72(66)68-60-37-33-58(75(56-29-21-52(73)22-30-56)54-25-14-47(15-26-54)44(2)3)41-49(60)18-35-62(68)63-36-19-50-42-59(34-38-61(50)69(63)72)76(57-31-23-53(74)24-32-57)55-27-16-48(17-28-55)45(4)5/h13-45H,1H2,2-12H3/b46-40+. The molecule has 0 radical (unpaired) electrons. The first-order chi connectivity index (χ1) is 36.3. The zero-order valence-corrected chi connectivity index (χ0v) is 45.9. The fourth-order valence-corrected chi connectivity index (χ4v) is 11.8. The van der Waals surface area contributed by atoms with E-state index in [0.717, 1.165) is 55.7 Å². The first-order valence-corrected chi connectivity index (χ1v) is 27.0. The summed E-state index contributed by atoms with van der Waals surface area (Å²) in [5.74, 6) is 0.234. The second-order valence-electron chi connectivity index (χ2n) is 23.8. The van der Waals surface area contributed by atoms with Crippen molar-refractivity contribution in [3.63, 3.8) is 0 Å². The van der Waals surface area contributed by atoms with Gasteiger partial charge in [0.25, 0.3) is 0 Å². The molecule has 380 valence electrons. The van der Waals surface area contributed by atoms with Crippen LogP contribution in [0.1, 0.15) is 127 Å². The highest BCUT2D eigenvalue weighted by Gasteiger charge is 2.54. The molecule has 0 bridgehead atoms. The largest absolute Gasteiger partial charge is 0.310 e. The van der Waals surface area contributed by atoms with Crippen molar-refractivity contribution in [3.05, 3.63) is 256 Å². The van der Waals surface area contributed by atoms with Crippen LogP contribution in [0.25, 0.3) is 38.2 Å². The van der Waals surface area contributed by atoms with Gasteiger partial charge in [0.05, 0.1) is 5.41 Å². The number of anilines is 6. The van der Waals surface area contributed by atoms with Gasteiger partial charge in [-0.25, -0.2) is 8.78 Å². The van der Waals surface area contributed by atoms with Crippen LogP contribution in [-0.2, 0) is 10.8 Å². The Morgan fingerprint density at radius 1 is 0.487 bits per heavy atom. The summed E-state index contributed by atoms with van der Waals surface area (Å²) in [4.78, 5) is 4.46. The molecule has 76 heavy (non-hydrogen) atoms. The molecule has 0 atom stereocenters. The van der Waals surface area contributed by atoms with E-state index >= 15 is 0 Å². The summed E-state index contributed by atoms with van der Waals surface area (Å²) in [7, 11) is 0. The molecule has 2 aliphatic rings. The van der Waals surface area contributed by atoms with Crippen LogP contribution < -0.4 is 9.80 Å². The van der Waals surface area contributed by atoms with Crippen molar-refractivity contribution in [1.29, 1.82) is 0 Å². The van der Waals surface area contributed by atoms with Crippen molar-refractivity contribution in [2.45, 2.75) is 98.8 Å². The molecule has 2 nitrogen and oxygen atoms in total. The molecule has 0 saturated carbocycles. The molecule has 11 rings (SSSR count). The zero-order valence-electron chi connectivity index (χ0n) is 45.9. The average Bonchev–Trinajstić information content (AvgIpc) is 4.07. The van der Waals surface area contributed by atoms with E-state index in [1.807, 2.05) is 24.3 Å². The topological polar surface area (TPSA) is 6.48 Å². The van der Waals surface area contributed by atoms with Crippen molar-refractivity contribution < 1.29 is 8.78 Å². The zero-order chi connectivity index (χ0) is 53.6. The van der Waals surface area contributed by atoms with Gasteiger partial charge in [0.1, 0.15) is 11.6 Å². The average molecular weight is 999 g/mol. The third kappa shape index (κ3) is 8.38. The summed E-state index contributed by atoms with van der Waals surface area (Å²) in [6.07, 6.45) is 4.59. The normalized spacial score (nSPS) is 14.0. The van der Waals surface area contributed by atoms with Gasteiger partial charge in [-0.1, -0.05) is 172 Å². The molecule has 9 aromatic rings. The monoisotopic (exact) mass is 999 g/mol. The van der Waals surface area contributed by atoms with Crippen LogP contribution in [0.15, 0.2) is 206 Å². The molecule has 2 aliphatic carbocycles. The Bertz CT molecular complexity index is 3610. The van der Waals surface area contributed by atoms with E-state index in [9.17, 15) is 8.78 Å². The number of nitrogens with zero attached hydrogens (tertiary/aromatic N) is 2. The lowest BCUT2D eigenvalue weighted by atomic mass is 9.67. The highest BCUT2D eigenvalue weighted by Crippen LogP contribution is 2.66. The molecule has 4 heteroatoms. The Labute approximate surface area is 449 Å². The molecule has 0 aliphatic heterocycles. The maximum absolute atomic E-state index is 14.6. The highest BCUT2D eigenvalue weighted by molar-refractivity contribution is 6.11. The van der Waals surface area contributed by atoms with Gasteiger partial charge in [0, 0.05) is 34.1 Å². The first-order valence-electron chi connectivity index (χ1n) is 27.0. The highest BCUT2D eigenvalue weighted by atomic mass is 19.1. The molecule has 9 aromatic carbocycles. The van der Waals surface area contributed by atoms with Gasteiger partial charge in [0.2, 0.25) is 0 Å². The van der Waals surface area contributed by atoms with Crippen LogP contribution >= 0.6 is 0 Å². The van der Waals surface area contributed by atoms with Crippen LogP contribution in [0.2, 0.25) is 0 Å². The number of fused-ring (bicyclic) bond motifs is 11. The van der Waals surface area contributed by atoms with E-state index < -0.39 is 5.41 Å². The summed E-state index contributed by atoms with van der Waals surface area (Å²) in [6.45, 7) is 29.6. The Hall–Kier alpha value is -7.82. The molecule has 0 N–H and O–H groups in total. The predicted molar refractivity (Wildman–Crippen MR) is 320 cm³/mol. The van der Waals surface area contributed by atoms with Gasteiger partial charge in [0.15, 0.2) is 0 Å². The van der Waals surface area contributed by atoms with E-state index in [2.05, 4.69) is 226 Å². The van der Waals surface area contributed by atoms with Gasteiger partial charge in [-0.05, 0) is 209 Å². The van der Waals surface area contributed by atoms with Gasteiger partial charge < -0.3 is 9.80 Å². The number of hydrogen-bond donors (Lipinski definition) is 0. The lowest BCUT2D eigenvalue weighted by Gasteiger charge is -2.34. The van der Waals surface area contributed by atoms with Crippen molar-refractivity contribution in [2.75, 3.05) is 9.80 Å². The van der Waals surface area contributed by atoms with Crippen molar-refractivity contribution in [3.8, 4) is 11.1 Å². The maximum atomic E-state index is 14.6. The summed E-state index contributed by atoms with van der Waals surface area (Å²) in [6, 6.07) is 61.2. The smallest absolute Gasteiger partial charge is 0.123 e. The summed E-state index contributed by atoms with van der Waals surface area (Å²) in [5, 5.41) is 4.52. The lowest BCUT2D eigenvalue weighted by Crippen LogP contribution is -2.27. The lowest BCUT2D eigenvalue weighted by molar-refractivity contribution is 0.504. The van der Waals surface area contributed by atoms with Gasteiger partial charge in [-0.3, -0.25) is 0 Å². The van der Waals surface area contributed by atoms with E-state index in [4.69, 9.17) is 6.58 Å². The minimum Gasteiger partial charge on any atom is -0.310 e. The molecule has 0 saturated heterocycles. The minimum atomic E-state index is -0.767. The van der Waals surface area contributed by atoms with Crippen LogP contribution in [0.4, 0.5) is 42.9 Å². The second-order valence-corrected chi connectivity index (χ2v) is 23.8. The Balaban J connectivity index is 1.20. The maximum Gasteiger partial charge on any atom is 0.123 e. The molecule has 1 spiro atoms. The predicted octanol–water partition coefficient (Wildman–Crippen LogP) is 21.0. The van der Waals surface area contributed by atoms with Crippen molar-refractivity contribution >= 4 is 61.2 Å².